The van der Waals surface area contributed by atoms with Gasteiger partial charge in [0.25, 0.3) is 0 Å². The fourth-order valence-corrected chi connectivity index (χ4v) is 2.31. The van der Waals surface area contributed by atoms with Crippen molar-refractivity contribution >= 4 is 0 Å². The van der Waals surface area contributed by atoms with Gasteiger partial charge in [0.15, 0.2) is 0 Å². The molecule has 1 aliphatic carbocycles. The first-order valence-electron chi connectivity index (χ1n) is 5.69. The highest BCUT2D eigenvalue weighted by molar-refractivity contribution is 5.40. The van der Waals surface area contributed by atoms with Crippen LogP contribution >= 0.6 is 0 Å². The van der Waals surface area contributed by atoms with Gasteiger partial charge in [0.2, 0.25) is 0 Å². The maximum atomic E-state index is 5.79. The number of nitrogens with two attached hydrogens (primary N) is 1. The highest BCUT2D eigenvalue weighted by Gasteiger charge is 2.26. The lowest BCUT2D eigenvalue weighted by molar-refractivity contribution is 0.261. The van der Waals surface area contributed by atoms with E-state index in [-0.39, 0.29) is 0 Å². The number of methoxy groups -OCH3 is 2. The number of hydrogen-bond donors (Lipinski definition) is 1. The van der Waals surface area contributed by atoms with Gasteiger partial charge in [-0.15, -0.1) is 0 Å². The van der Waals surface area contributed by atoms with Crippen molar-refractivity contribution in [3.05, 3.63) is 23.8 Å². The van der Waals surface area contributed by atoms with Crippen molar-refractivity contribution in [2.24, 2.45) is 11.7 Å². The summed E-state index contributed by atoms with van der Waals surface area (Å²) in [6, 6.07) is 6.35. The lowest BCUT2D eigenvalue weighted by atomic mass is 9.77. The Morgan fingerprint density at radius 3 is 2.56 bits per heavy atom. The van der Waals surface area contributed by atoms with Gasteiger partial charge >= 0.3 is 0 Å². The Morgan fingerprint density at radius 1 is 1.25 bits per heavy atom. The van der Waals surface area contributed by atoms with E-state index in [0.29, 0.717) is 12.0 Å². The van der Waals surface area contributed by atoms with Crippen LogP contribution in [0.2, 0.25) is 0 Å². The molecule has 0 saturated heterocycles. The first-order chi connectivity index (χ1) is 7.72. The third-order valence-corrected chi connectivity index (χ3v) is 3.27. The van der Waals surface area contributed by atoms with Gasteiger partial charge < -0.3 is 15.2 Å². The van der Waals surface area contributed by atoms with Crippen LogP contribution in [0.15, 0.2) is 18.2 Å². The molecule has 3 nitrogen and oxygen atoms in total. The Bertz CT molecular complexity index is 359. The zero-order valence-electron chi connectivity index (χ0n) is 9.90. The van der Waals surface area contributed by atoms with Crippen LogP contribution in [0.5, 0.6) is 11.5 Å². The fraction of sp³-hybridized carbons (Fsp3) is 0.538. The monoisotopic (exact) mass is 221 g/mol. The van der Waals surface area contributed by atoms with E-state index in [9.17, 15) is 0 Å². The Hall–Kier alpha value is -1.22. The van der Waals surface area contributed by atoms with Crippen LogP contribution in [0.4, 0.5) is 0 Å². The molecule has 3 heteroatoms. The molecule has 16 heavy (non-hydrogen) atoms. The molecule has 0 unspecified atom stereocenters. The first-order valence-corrected chi connectivity index (χ1v) is 5.69. The minimum absolute atomic E-state index is 0.404. The first kappa shape index (κ1) is 11.3. The zero-order valence-corrected chi connectivity index (χ0v) is 9.90. The largest absolute Gasteiger partial charge is 0.497 e. The predicted octanol–water partition coefficient (Wildman–Crippen LogP) is 1.98. The third-order valence-electron chi connectivity index (χ3n) is 3.27. The van der Waals surface area contributed by atoms with E-state index in [0.717, 1.165) is 30.8 Å². The summed E-state index contributed by atoms with van der Waals surface area (Å²) in [5.41, 5.74) is 7.01. The minimum atomic E-state index is 0.404. The molecule has 0 spiro atoms. The second-order valence-corrected chi connectivity index (χ2v) is 4.48. The molecule has 1 saturated carbocycles. The highest BCUT2D eigenvalue weighted by Crippen LogP contribution is 2.33. The van der Waals surface area contributed by atoms with E-state index in [1.54, 1.807) is 14.2 Å². The van der Waals surface area contributed by atoms with Crippen LogP contribution in [-0.2, 0) is 6.42 Å². The number of rotatable bonds is 4. The van der Waals surface area contributed by atoms with Gasteiger partial charge in [-0.2, -0.15) is 0 Å². The average molecular weight is 221 g/mol. The molecule has 0 aliphatic heterocycles. The number of ether oxygens (including phenoxy) is 2. The maximum Gasteiger partial charge on any atom is 0.122 e. The molecule has 1 aliphatic rings. The molecule has 0 amide bonds. The Kier molecular flexibility index (Phi) is 3.34. The topological polar surface area (TPSA) is 44.5 Å². The highest BCUT2D eigenvalue weighted by atomic mass is 16.5. The molecule has 0 aromatic heterocycles. The molecule has 1 aromatic carbocycles. The molecule has 1 fully saturated rings. The van der Waals surface area contributed by atoms with Crippen LogP contribution < -0.4 is 15.2 Å². The van der Waals surface area contributed by atoms with E-state index in [4.69, 9.17) is 15.2 Å². The van der Waals surface area contributed by atoms with E-state index in [1.165, 1.54) is 5.56 Å². The van der Waals surface area contributed by atoms with Crippen molar-refractivity contribution in [3.63, 3.8) is 0 Å². The molecule has 1 aromatic rings. The quantitative estimate of drug-likeness (QED) is 0.845. The number of benzene rings is 1. The Morgan fingerprint density at radius 2 is 2.00 bits per heavy atom. The van der Waals surface area contributed by atoms with Gasteiger partial charge in [-0.3, -0.25) is 0 Å². The van der Waals surface area contributed by atoms with Gasteiger partial charge in [-0.05, 0) is 48.9 Å². The molecule has 0 radical (unpaired) electrons. The van der Waals surface area contributed by atoms with Crippen LogP contribution in [0, 0.1) is 5.92 Å². The van der Waals surface area contributed by atoms with Crippen LogP contribution in [0.3, 0.4) is 0 Å². The maximum absolute atomic E-state index is 5.79. The standard InChI is InChI=1S/C13H19NO2/c1-15-12-3-4-13(16-2)10(8-12)5-9-6-11(14)7-9/h3-4,8-9,11H,5-7,14H2,1-2H3. The Balaban J connectivity index is 2.10. The summed E-state index contributed by atoms with van der Waals surface area (Å²) in [7, 11) is 3.39. The van der Waals surface area contributed by atoms with Gasteiger partial charge in [0.05, 0.1) is 14.2 Å². The molecule has 2 rings (SSSR count). The summed E-state index contributed by atoms with van der Waals surface area (Å²) in [5.74, 6) is 2.54. The van der Waals surface area contributed by atoms with Crippen molar-refractivity contribution in [2.75, 3.05) is 14.2 Å². The molecule has 0 atom stereocenters. The van der Waals surface area contributed by atoms with Crippen molar-refractivity contribution < 1.29 is 9.47 Å². The van der Waals surface area contributed by atoms with Crippen molar-refractivity contribution in [1.29, 1.82) is 0 Å². The minimum Gasteiger partial charge on any atom is -0.497 e. The summed E-state index contributed by atoms with van der Waals surface area (Å²) < 4.78 is 10.6. The van der Waals surface area contributed by atoms with Crippen LogP contribution in [0.1, 0.15) is 18.4 Å². The van der Waals surface area contributed by atoms with E-state index in [1.807, 2.05) is 12.1 Å². The summed E-state index contributed by atoms with van der Waals surface area (Å²) in [6.45, 7) is 0. The molecular weight excluding hydrogens is 202 g/mol. The molecule has 0 heterocycles. The zero-order chi connectivity index (χ0) is 11.5. The van der Waals surface area contributed by atoms with E-state index >= 15 is 0 Å². The second kappa shape index (κ2) is 4.74. The summed E-state index contributed by atoms with van der Waals surface area (Å²) in [6.07, 6.45) is 3.29. The molecule has 88 valence electrons. The normalized spacial score (nSPS) is 23.7. The van der Waals surface area contributed by atoms with E-state index < -0.39 is 0 Å². The lowest BCUT2D eigenvalue weighted by Gasteiger charge is -2.32. The third kappa shape index (κ3) is 2.30. The summed E-state index contributed by atoms with van der Waals surface area (Å²) >= 11 is 0. The van der Waals surface area contributed by atoms with Crippen molar-refractivity contribution in [2.45, 2.75) is 25.3 Å². The lowest BCUT2D eigenvalue weighted by Crippen LogP contribution is -2.37. The summed E-state index contributed by atoms with van der Waals surface area (Å²) in [4.78, 5) is 0. The van der Waals surface area contributed by atoms with Crippen LogP contribution in [0.25, 0.3) is 0 Å². The van der Waals surface area contributed by atoms with Gasteiger partial charge in [-0.25, -0.2) is 0 Å². The average Bonchev–Trinajstić information content (AvgIpc) is 2.27. The number of hydrogen-bond acceptors (Lipinski definition) is 3. The summed E-state index contributed by atoms with van der Waals surface area (Å²) in [5, 5.41) is 0. The molecular formula is C13H19NO2. The smallest absolute Gasteiger partial charge is 0.122 e. The second-order valence-electron chi connectivity index (χ2n) is 4.48. The SMILES string of the molecule is COc1ccc(OC)c(CC2CC(N)C2)c1. The fourth-order valence-electron chi connectivity index (χ4n) is 2.31. The molecule has 0 bridgehead atoms. The Labute approximate surface area is 96.5 Å². The predicted molar refractivity (Wildman–Crippen MR) is 63.9 cm³/mol. The van der Waals surface area contributed by atoms with Crippen molar-refractivity contribution in [3.8, 4) is 11.5 Å². The van der Waals surface area contributed by atoms with Gasteiger partial charge in [-0.1, -0.05) is 0 Å². The van der Waals surface area contributed by atoms with Crippen LogP contribution in [-0.4, -0.2) is 20.3 Å². The van der Waals surface area contributed by atoms with Crippen molar-refractivity contribution in [1.82, 2.24) is 0 Å². The van der Waals surface area contributed by atoms with Gasteiger partial charge in [0, 0.05) is 6.04 Å². The van der Waals surface area contributed by atoms with Gasteiger partial charge in [0.1, 0.15) is 11.5 Å². The van der Waals surface area contributed by atoms with E-state index in [2.05, 4.69) is 6.07 Å². The molecule has 2 N–H and O–H groups in total.